The van der Waals surface area contributed by atoms with Gasteiger partial charge in [0.05, 0.1) is 11.5 Å². The highest BCUT2D eigenvalue weighted by Crippen LogP contribution is 2.32. The number of benzene rings is 1. The van der Waals surface area contributed by atoms with Gasteiger partial charge in [-0.2, -0.15) is 5.26 Å². The van der Waals surface area contributed by atoms with Crippen molar-refractivity contribution in [3.63, 3.8) is 0 Å². The molecule has 0 aromatic heterocycles. The summed E-state index contributed by atoms with van der Waals surface area (Å²) in [6.45, 7) is 5.54. The first-order valence-corrected chi connectivity index (χ1v) is 8.57. The Kier molecular flexibility index (Phi) is 4.68. The van der Waals surface area contributed by atoms with Gasteiger partial charge in [0.25, 0.3) is 0 Å². The lowest BCUT2D eigenvalue weighted by atomic mass is 9.81. The van der Waals surface area contributed by atoms with Crippen molar-refractivity contribution in [1.29, 1.82) is 5.26 Å². The molecule has 4 heteroatoms. The summed E-state index contributed by atoms with van der Waals surface area (Å²) in [6.07, 6.45) is 3.47. The molecule has 1 aromatic rings. The first-order chi connectivity index (χ1) is 11.1. The molecule has 0 saturated carbocycles. The normalized spacial score (nSPS) is 25.1. The van der Waals surface area contributed by atoms with Crippen LogP contribution in [0.1, 0.15) is 38.2 Å². The Bertz CT molecular complexity index is 584. The van der Waals surface area contributed by atoms with E-state index in [-0.39, 0.29) is 11.3 Å². The van der Waals surface area contributed by atoms with Gasteiger partial charge in [0.2, 0.25) is 5.91 Å². The summed E-state index contributed by atoms with van der Waals surface area (Å²) >= 11 is 0. The maximum Gasteiger partial charge on any atom is 0.222 e. The van der Waals surface area contributed by atoms with Crippen LogP contribution in [-0.2, 0) is 11.3 Å². The van der Waals surface area contributed by atoms with Crippen LogP contribution in [0.5, 0.6) is 0 Å². The molecule has 0 aliphatic carbocycles. The fraction of sp³-hybridized carbons (Fsp3) is 0.579. The molecule has 0 radical (unpaired) electrons. The van der Waals surface area contributed by atoms with E-state index in [2.05, 4.69) is 30.0 Å². The van der Waals surface area contributed by atoms with Crippen molar-refractivity contribution in [3.8, 4) is 6.07 Å². The van der Waals surface area contributed by atoms with E-state index in [4.69, 9.17) is 0 Å². The molecule has 2 aliphatic heterocycles. The van der Waals surface area contributed by atoms with Crippen molar-refractivity contribution in [2.75, 3.05) is 19.6 Å². The van der Waals surface area contributed by atoms with E-state index in [1.165, 1.54) is 5.56 Å². The van der Waals surface area contributed by atoms with Crippen LogP contribution >= 0.6 is 0 Å². The first kappa shape index (κ1) is 16.0. The van der Waals surface area contributed by atoms with Crippen LogP contribution in [0.3, 0.4) is 0 Å². The second-order valence-corrected chi connectivity index (χ2v) is 7.16. The van der Waals surface area contributed by atoms with E-state index in [1.54, 1.807) is 0 Å². The van der Waals surface area contributed by atoms with Crippen molar-refractivity contribution in [1.82, 2.24) is 9.80 Å². The van der Waals surface area contributed by atoms with Gasteiger partial charge in [0.15, 0.2) is 0 Å². The van der Waals surface area contributed by atoms with E-state index in [9.17, 15) is 10.1 Å². The quantitative estimate of drug-likeness (QED) is 0.862. The molecule has 1 amide bonds. The first-order valence-electron chi connectivity index (χ1n) is 8.57. The molecule has 2 fully saturated rings. The maximum atomic E-state index is 12.2. The van der Waals surface area contributed by atoms with E-state index >= 15 is 0 Å². The highest BCUT2D eigenvalue weighted by molar-refractivity contribution is 5.77. The number of amides is 1. The average Bonchev–Trinajstić information content (AvgIpc) is 2.59. The smallest absolute Gasteiger partial charge is 0.222 e. The van der Waals surface area contributed by atoms with E-state index in [0.29, 0.717) is 19.0 Å². The number of carbonyl (C=O) groups is 1. The van der Waals surface area contributed by atoms with Crippen molar-refractivity contribution in [2.24, 2.45) is 5.41 Å². The maximum absolute atomic E-state index is 12.2. The van der Waals surface area contributed by atoms with Gasteiger partial charge in [-0.1, -0.05) is 30.3 Å². The minimum Gasteiger partial charge on any atom is -0.337 e. The molecule has 2 aliphatic rings. The van der Waals surface area contributed by atoms with Crippen LogP contribution < -0.4 is 0 Å². The minimum absolute atomic E-state index is 0.162. The van der Waals surface area contributed by atoms with Crippen molar-refractivity contribution >= 4 is 5.91 Å². The third-order valence-electron chi connectivity index (χ3n) is 5.38. The van der Waals surface area contributed by atoms with Gasteiger partial charge in [-0.25, -0.2) is 0 Å². The summed E-state index contributed by atoms with van der Waals surface area (Å²) < 4.78 is 0. The monoisotopic (exact) mass is 311 g/mol. The van der Waals surface area contributed by atoms with Crippen molar-refractivity contribution < 1.29 is 4.79 Å². The highest BCUT2D eigenvalue weighted by Gasteiger charge is 2.35. The van der Waals surface area contributed by atoms with Gasteiger partial charge in [-0.05, 0) is 31.7 Å². The Morgan fingerprint density at radius 2 is 1.96 bits per heavy atom. The molecule has 23 heavy (non-hydrogen) atoms. The third kappa shape index (κ3) is 3.73. The van der Waals surface area contributed by atoms with Crippen LogP contribution in [0.15, 0.2) is 30.3 Å². The van der Waals surface area contributed by atoms with Gasteiger partial charge in [0.1, 0.15) is 0 Å². The predicted molar refractivity (Wildman–Crippen MR) is 89.4 cm³/mol. The summed E-state index contributed by atoms with van der Waals surface area (Å²) in [4.78, 5) is 16.7. The molecule has 4 nitrogen and oxygen atoms in total. The standard InChI is InChI=1S/C19H25N3O/c1-19(15-20)9-11-21(12-10-19)17-7-8-18(23)22(14-17)13-16-5-3-2-4-6-16/h2-6,17H,7-14H2,1H3. The Morgan fingerprint density at radius 1 is 1.26 bits per heavy atom. The molecule has 0 N–H and O–H groups in total. The van der Waals surface area contributed by atoms with Crippen LogP contribution in [0.4, 0.5) is 0 Å². The van der Waals surface area contributed by atoms with Gasteiger partial charge >= 0.3 is 0 Å². The Hall–Kier alpha value is -1.86. The van der Waals surface area contributed by atoms with Crippen LogP contribution in [0, 0.1) is 16.7 Å². The van der Waals surface area contributed by atoms with E-state index in [0.717, 1.165) is 38.9 Å². The number of nitrogens with zero attached hydrogens (tertiary/aromatic N) is 3. The number of likely N-dealkylation sites (tertiary alicyclic amines) is 2. The lowest BCUT2D eigenvalue weighted by molar-refractivity contribution is -0.136. The largest absolute Gasteiger partial charge is 0.337 e. The Labute approximate surface area is 138 Å². The predicted octanol–water partition coefficient (Wildman–Crippen LogP) is 2.80. The van der Waals surface area contributed by atoms with Gasteiger partial charge in [0, 0.05) is 38.6 Å². The van der Waals surface area contributed by atoms with Crippen LogP contribution in [0.2, 0.25) is 0 Å². The lowest BCUT2D eigenvalue weighted by Gasteiger charge is -2.43. The topological polar surface area (TPSA) is 47.3 Å². The zero-order valence-corrected chi connectivity index (χ0v) is 13.9. The minimum atomic E-state index is -0.162. The van der Waals surface area contributed by atoms with Crippen molar-refractivity contribution in [3.05, 3.63) is 35.9 Å². The van der Waals surface area contributed by atoms with Gasteiger partial charge in [-0.3, -0.25) is 9.69 Å². The zero-order chi connectivity index (χ0) is 16.3. The van der Waals surface area contributed by atoms with Crippen LogP contribution in [-0.4, -0.2) is 41.4 Å². The number of carbonyl (C=O) groups excluding carboxylic acids is 1. The van der Waals surface area contributed by atoms with Crippen LogP contribution in [0.25, 0.3) is 0 Å². The number of rotatable bonds is 3. The number of nitriles is 1. The second kappa shape index (κ2) is 6.72. The molecule has 0 bridgehead atoms. The number of hydrogen-bond acceptors (Lipinski definition) is 3. The zero-order valence-electron chi connectivity index (χ0n) is 13.9. The highest BCUT2D eigenvalue weighted by atomic mass is 16.2. The molecule has 1 unspecified atom stereocenters. The average molecular weight is 311 g/mol. The van der Waals surface area contributed by atoms with Gasteiger partial charge < -0.3 is 4.90 Å². The van der Waals surface area contributed by atoms with Gasteiger partial charge in [-0.15, -0.1) is 0 Å². The Balaban J connectivity index is 1.60. The molecular formula is C19H25N3O. The summed E-state index contributed by atoms with van der Waals surface area (Å²) in [5.74, 6) is 0.268. The molecule has 1 aromatic carbocycles. The molecule has 1 atom stereocenters. The van der Waals surface area contributed by atoms with E-state index in [1.807, 2.05) is 23.1 Å². The number of piperidine rings is 2. The SMILES string of the molecule is CC1(C#N)CCN(C2CCC(=O)N(Cc3ccccc3)C2)CC1. The molecule has 2 heterocycles. The lowest BCUT2D eigenvalue weighted by Crippen LogP contribution is -2.52. The molecule has 0 spiro atoms. The summed E-state index contributed by atoms with van der Waals surface area (Å²) in [5.41, 5.74) is 1.03. The summed E-state index contributed by atoms with van der Waals surface area (Å²) in [6, 6.07) is 13.1. The summed E-state index contributed by atoms with van der Waals surface area (Å²) in [5, 5.41) is 9.27. The second-order valence-electron chi connectivity index (χ2n) is 7.16. The molecule has 3 rings (SSSR count). The van der Waals surface area contributed by atoms with E-state index < -0.39 is 0 Å². The van der Waals surface area contributed by atoms with Crippen molar-refractivity contribution in [2.45, 2.75) is 45.2 Å². The third-order valence-corrected chi connectivity index (χ3v) is 5.38. The fourth-order valence-corrected chi connectivity index (χ4v) is 3.64. The molecular weight excluding hydrogens is 286 g/mol. The fourth-order valence-electron chi connectivity index (χ4n) is 3.64. The number of hydrogen-bond donors (Lipinski definition) is 0. The Morgan fingerprint density at radius 3 is 2.61 bits per heavy atom. The molecule has 2 saturated heterocycles. The summed E-state index contributed by atoms with van der Waals surface area (Å²) in [7, 11) is 0. The molecule has 122 valence electrons.